The molecule has 0 aliphatic heterocycles. The Balaban J connectivity index is 2.03. The van der Waals surface area contributed by atoms with Crippen molar-refractivity contribution in [1.82, 2.24) is 14.5 Å². The normalized spacial score (nSPS) is 14.3. The van der Waals surface area contributed by atoms with Gasteiger partial charge in [0.1, 0.15) is 0 Å². The van der Waals surface area contributed by atoms with Gasteiger partial charge in [-0.1, -0.05) is 15.9 Å². The van der Waals surface area contributed by atoms with E-state index in [1.807, 2.05) is 18.5 Å². The fraction of sp³-hybridized carbons (Fsp3) is 0.250. The molecule has 5 heteroatoms. The number of hydrogen-bond donors (Lipinski definition) is 1. The van der Waals surface area contributed by atoms with Crippen molar-refractivity contribution in [2.24, 2.45) is 0 Å². The minimum absolute atomic E-state index is 0.686. The van der Waals surface area contributed by atoms with Crippen LogP contribution in [0.1, 0.15) is 24.2 Å². The van der Waals surface area contributed by atoms with E-state index in [9.17, 15) is 0 Å². The maximum atomic E-state index is 6.23. The van der Waals surface area contributed by atoms with Crippen molar-refractivity contribution in [1.29, 1.82) is 0 Å². The Morgan fingerprint density at radius 2 is 2.00 bits per heavy atom. The molecule has 0 fully saturated rings. The summed E-state index contributed by atoms with van der Waals surface area (Å²) in [5.74, 6) is 0. The van der Waals surface area contributed by atoms with Crippen LogP contribution in [0.15, 0.2) is 35.2 Å². The van der Waals surface area contributed by atoms with E-state index in [2.05, 4.69) is 36.5 Å². The Morgan fingerprint density at radius 3 is 2.90 bits per heavy atom. The lowest BCUT2D eigenvalue weighted by molar-refractivity contribution is 0.656. The summed E-state index contributed by atoms with van der Waals surface area (Å²) in [4.78, 5) is 9.00. The van der Waals surface area contributed by atoms with E-state index in [1.54, 1.807) is 6.20 Å². The van der Waals surface area contributed by atoms with Crippen molar-refractivity contribution in [3.8, 4) is 5.69 Å². The van der Waals surface area contributed by atoms with E-state index >= 15 is 0 Å². The van der Waals surface area contributed by atoms with E-state index in [0.29, 0.717) is 5.69 Å². The predicted octanol–water partition coefficient (Wildman–Crippen LogP) is 3.64. The zero-order valence-electron chi connectivity index (χ0n) is 11.5. The molecule has 0 saturated carbocycles. The number of fused-ring (bicyclic) bond motifs is 2. The van der Waals surface area contributed by atoms with Crippen LogP contribution >= 0.6 is 15.9 Å². The minimum atomic E-state index is 0.686. The lowest BCUT2D eigenvalue weighted by atomic mass is 10.0. The lowest BCUT2D eigenvalue weighted by Gasteiger charge is -2.17. The van der Waals surface area contributed by atoms with Gasteiger partial charge in [-0.15, -0.1) is 0 Å². The number of nitrogen functional groups attached to an aromatic ring is 1. The van der Waals surface area contributed by atoms with E-state index in [-0.39, 0.29) is 0 Å². The number of anilines is 1. The molecule has 4 nitrogen and oxygen atoms in total. The number of nitrogens with two attached hydrogens (primary N) is 1. The van der Waals surface area contributed by atoms with Crippen LogP contribution in [-0.2, 0) is 12.8 Å². The number of pyridine rings is 1. The second-order valence-corrected chi connectivity index (χ2v) is 6.35. The molecule has 0 radical (unpaired) electrons. The maximum Gasteiger partial charge on any atom is 0.0998 e. The van der Waals surface area contributed by atoms with Crippen LogP contribution in [0.4, 0.5) is 5.69 Å². The zero-order valence-corrected chi connectivity index (χ0v) is 13.1. The number of benzene rings is 1. The Morgan fingerprint density at radius 1 is 1.14 bits per heavy atom. The lowest BCUT2D eigenvalue weighted by Crippen LogP contribution is -2.09. The van der Waals surface area contributed by atoms with E-state index in [1.165, 1.54) is 24.2 Å². The molecule has 2 N–H and O–H groups in total. The Bertz CT molecular complexity index is 832. The van der Waals surface area contributed by atoms with Gasteiger partial charge in [-0.3, -0.25) is 4.98 Å². The average Bonchev–Trinajstić information content (AvgIpc) is 2.91. The largest absolute Gasteiger partial charge is 0.396 e. The van der Waals surface area contributed by atoms with Gasteiger partial charge in [0.25, 0.3) is 0 Å². The summed E-state index contributed by atoms with van der Waals surface area (Å²) in [5, 5.41) is 1.05. The summed E-state index contributed by atoms with van der Waals surface area (Å²) in [7, 11) is 0. The van der Waals surface area contributed by atoms with Gasteiger partial charge in [-0.05, 0) is 43.9 Å². The Kier molecular flexibility index (Phi) is 2.96. The number of rotatable bonds is 1. The number of halogens is 1. The van der Waals surface area contributed by atoms with Gasteiger partial charge in [0.15, 0.2) is 0 Å². The van der Waals surface area contributed by atoms with Crippen LogP contribution in [0, 0.1) is 0 Å². The van der Waals surface area contributed by atoms with E-state index in [0.717, 1.165) is 33.9 Å². The third-order valence-electron chi connectivity index (χ3n) is 4.10. The second kappa shape index (κ2) is 4.84. The first-order valence-electron chi connectivity index (χ1n) is 7.13. The van der Waals surface area contributed by atoms with Crippen LogP contribution in [0.25, 0.3) is 16.6 Å². The molecule has 1 aliphatic rings. The fourth-order valence-corrected chi connectivity index (χ4v) is 3.46. The number of aryl methyl sites for hydroxylation is 1. The maximum absolute atomic E-state index is 6.23. The Hall–Kier alpha value is -1.88. The molecule has 0 atom stereocenters. The molecule has 0 amide bonds. The highest BCUT2D eigenvalue weighted by Gasteiger charge is 2.19. The van der Waals surface area contributed by atoms with Gasteiger partial charge in [0, 0.05) is 15.6 Å². The molecule has 106 valence electrons. The van der Waals surface area contributed by atoms with Gasteiger partial charge < -0.3 is 10.3 Å². The van der Waals surface area contributed by atoms with Crippen molar-refractivity contribution in [2.45, 2.75) is 25.7 Å². The molecule has 3 aromatic rings. The van der Waals surface area contributed by atoms with Crippen LogP contribution in [0.2, 0.25) is 0 Å². The molecular formula is C16H15BrN4. The van der Waals surface area contributed by atoms with Crippen LogP contribution in [-0.4, -0.2) is 14.5 Å². The average molecular weight is 343 g/mol. The number of imidazole rings is 1. The smallest absolute Gasteiger partial charge is 0.0998 e. The molecule has 2 heterocycles. The Labute approximate surface area is 131 Å². The number of nitrogens with zero attached hydrogens (tertiary/aromatic N) is 3. The first-order valence-corrected chi connectivity index (χ1v) is 7.92. The van der Waals surface area contributed by atoms with Crippen LogP contribution in [0.3, 0.4) is 0 Å². The van der Waals surface area contributed by atoms with Gasteiger partial charge in [0.05, 0.1) is 35.1 Å². The topological polar surface area (TPSA) is 56.7 Å². The van der Waals surface area contributed by atoms with Crippen molar-refractivity contribution in [3.63, 3.8) is 0 Å². The molecule has 2 aromatic heterocycles. The minimum Gasteiger partial charge on any atom is -0.396 e. The molecule has 0 saturated heterocycles. The van der Waals surface area contributed by atoms with E-state index < -0.39 is 0 Å². The van der Waals surface area contributed by atoms with Crippen LogP contribution < -0.4 is 5.73 Å². The monoisotopic (exact) mass is 342 g/mol. The van der Waals surface area contributed by atoms with E-state index in [4.69, 9.17) is 5.73 Å². The predicted molar refractivity (Wildman–Crippen MR) is 87.6 cm³/mol. The molecule has 0 spiro atoms. The summed E-state index contributed by atoms with van der Waals surface area (Å²) in [6.45, 7) is 0. The SMILES string of the molecule is Nc1cnc2ccc(Br)cc2c1-n1cnc2c1CCCC2. The highest BCUT2D eigenvalue weighted by molar-refractivity contribution is 9.10. The first kappa shape index (κ1) is 12.8. The van der Waals surface area contributed by atoms with Crippen molar-refractivity contribution < 1.29 is 0 Å². The molecule has 0 bridgehead atoms. The van der Waals surface area contributed by atoms with Crippen molar-refractivity contribution in [2.75, 3.05) is 5.73 Å². The van der Waals surface area contributed by atoms with Gasteiger partial charge in [-0.2, -0.15) is 0 Å². The quantitative estimate of drug-likeness (QED) is 0.734. The highest BCUT2D eigenvalue weighted by Crippen LogP contribution is 2.32. The van der Waals surface area contributed by atoms with Crippen molar-refractivity contribution in [3.05, 3.63) is 46.6 Å². The molecular weight excluding hydrogens is 328 g/mol. The first-order chi connectivity index (χ1) is 10.2. The molecule has 0 unspecified atom stereocenters. The van der Waals surface area contributed by atoms with Gasteiger partial charge >= 0.3 is 0 Å². The fourth-order valence-electron chi connectivity index (χ4n) is 3.10. The third kappa shape index (κ3) is 2.03. The number of hydrogen-bond acceptors (Lipinski definition) is 3. The van der Waals surface area contributed by atoms with Crippen molar-refractivity contribution >= 4 is 32.5 Å². The summed E-state index contributed by atoms with van der Waals surface area (Å²) in [5.41, 5.74) is 11.4. The summed E-state index contributed by atoms with van der Waals surface area (Å²) in [6, 6.07) is 6.08. The molecule has 21 heavy (non-hydrogen) atoms. The number of aromatic nitrogens is 3. The molecule has 1 aliphatic carbocycles. The highest BCUT2D eigenvalue weighted by atomic mass is 79.9. The second-order valence-electron chi connectivity index (χ2n) is 5.44. The standard InChI is InChI=1S/C16H15BrN4/c17-10-5-6-13-11(7-10)16(12(18)8-19-13)21-9-20-14-3-1-2-4-15(14)21/h5-9H,1-4,18H2. The van der Waals surface area contributed by atoms with Gasteiger partial charge in [0.2, 0.25) is 0 Å². The van der Waals surface area contributed by atoms with Gasteiger partial charge in [-0.25, -0.2) is 4.98 Å². The third-order valence-corrected chi connectivity index (χ3v) is 4.59. The summed E-state index contributed by atoms with van der Waals surface area (Å²) < 4.78 is 3.18. The summed E-state index contributed by atoms with van der Waals surface area (Å²) >= 11 is 3.54. The zero-order chi connectivity index (χ0) is 14.4. The summed E-state index contributed by atoms with van der Waals surface area (Å²) in [6.07, 6.45) is 8.21. The van der Waals surface area contributed by atoms with Crippen LogP contribution in [0.5, 0.6) is 0 Å². The molecule has 4 rings (SSSR count). The molecule has 1 aromatic carbocycles.